The normalized spacial score (nSPS) is 20.9. The molecule has 3 atom stereocenters. The number of nitrogens with zero attached hydrogens (tertiary/aromatic N) is 2. The lowest BCUT2D eigenvalue weighted by atomic mass is 9.99. The van der Waals surface area contributed by atoms with E-state index in [1.165, 1.54) is 0 Å². The molecule has 0 saturated heterocycles. The number of benzene rings is 2. The Balaban J connectivity index is 1.57. The van der Waals surface area contributed by atoms with Crippen molar-refractivity contribution in [3.63, 3.8) is 0 Å². The zero-order valence-corrected chi connectivity index (χ0v) is 22.4. The van der Waals surface area contributed by atoms with E-state index in [9.17, 15) is 14.7 Å². The van der Waals surface area contributed by atoms with E-state index in [0.29, 0.717) is 46.7 Å². The van der Waals surface area contributed by atoms with Gasteiger partial charge >= 0.3 is 0 Å². The van der Waals surface area contributed by atoms with Crippen molar-refractivity contribution in [3.8, 4) is 5.75 Å². The maximum Gasteiger partial charge on any atom is 0.258 e. The van der Waals surface area contributed by atoms with Crippen LogP contribution in [0.4, 0.5) is 5.69 Å². The molecule has 2 aromatic carbocycles. The van der Waals surface area contributed by atoms with E-state index in [1.807, 2.05) is 26.1 Å². The number of aliphatic hydroxyl groups is 1. The Morgan fingerprint density at radius 1 is 1.22 bits per heavy atom. The summed E-state index contributed by atoms with van der Waals surface area (Å²) < 4.78 is 6.44. The van der Waals surface area contributed by atoms with E-state index in [1.54, 1.807) is 29.2 Å². The summed E-state index contributed by atoms with van der Waals surface area (Å²) in [6.07, 6.45) is 1.58. The van der Waals surface area contributed by atoms with Crippen molar-refractivity contribution in [3.05, 3.63) is 57.6 Å². The van der Waals surface area contributed by atoms with Crippen molar-refractivity contribution >= 4 is 40.7 Å². The Kier molecular flexibility index (Phi) is 8.45. The second-order valence-corrected chi connectivity index (χ2v) is 10.9. The Morgan fingerprint density at radius 2 is 1.97 bits per heavy atom. The monoisotopic (exact) mass is 533 g/mol. The Labute approximate surface area is 222 Å². The standard InChI is InChI=1S/C27H33Cl2N3O4/c1-16-12-32(17(2)15-33)27(35)21-11-20(30-26(34)19-5-6-19)7-9-24(21)36-25(16)14-31(3)13-18-4-8-22(28)23(29)10-18/h4,7-11,16-17,19,25,33H,5-6,12-15H2,1-3H3,(H,30,34)/t16-,17-,25-/m1/s1. The average Bonchev–Trinajstić information content (AvgIpc) is 3.69. The van der Waals surface area contributed by atoms with Crippen molar-refractivity contribution in [2.24, 2.45) is 11.8 Å². The van der Waals surface area contributed by atoms with Crippen LogP contribution in [0.3, 0.4) is 0 Å². The molecule has 9 heteroatoms. The fourth-order valence-electron chi connectivity index (χ4n) is 4.43. The van der Waals surface area contributed by atoms with Gasteiger partial charge in [0.2, 0.25) is 5.91 Å². The van der Waals surface area contributed by atoms with E-state index in [-0.39, 0.29) is 42.4 Å². The number of nitrogens with one attached hydrogen (secondary N) is 1. The number of halogens is 2. The minimum Gasteiger partial charge on any atom is -0.488 e. The fourth-order valence-corrected chi connectivity index (χ4v) is 4.75. The van der Waals surface area contributed by atoms with Gasteiger partial charge in [-0.1, -0.05) is 36.2 Å². The molecule has 1 saturated carbocycles. The Bertz CT molecular complexity index is 1120. The average molecular weight is 534 g/mol. The lowest BCUT2D eigenvalue weighted by molar-refractivity contribution is -0.117. The van der Waals surface area contributed by atoms with Gasteiger partial charge in [-0.15, -0.1) is 0 Å². The fraction of sp³-hybridized carbons (Fsp3) is 0.481. The van der Waals surface area contributed by atoms with Crippen LogP contribution in [0, 0.1) is 11.8 Å². The lowest BCUT2D eigenvalue weighted by Gasteiger charge is -2.38. The third-order valence-corrected chi connectivity index (χ3v) is 7.55. The summed E-state index contributed by atoms with van der Waals surface area (Å²) >= 11 is 12.2. The molecule has 7 nitrogen and oxygen atoms in total. The summed E-state index contributed by atoms with van der Waals surface area (Å²) in [6.45, 7) is 5.43. The molecule has 2 aromatic rings. The zero-order valence-electron chi connectivity index (χ0n) is 20.8. The Morgan fingerprint density at radius 3 is 2.64 bits per heavy atom. The Hall–Kier alpha value is -2.32. The van der Waals surface area contributed by atoms with E-state index < -0.39 is 0 Å². The first kappa shape index (κ1) is 26.7. The smallest absolute Gasteiger partial charge is 0.258 e. The summed E-state index contributed by atoms with van der Waals surface area (Å²) in [6, 6.07) is 10.4. The van der Waals surface area contributed by atoms with Crippen LogP contribution in [0.15, 0.2) is 36.4 Å². The number of carbonyl (C=O) groups excluding carboxylic acids is 2. The SMILES string of the molecule is C[C@@H]1CN([C@H](C)CO)C(=O)c2cc(NC(=O)C3CC3)ccc2O[C@@H]1CN(C)Cc1ccc(Cl)c(Cl)c1. The highest BCUT2D eigenvalue weighted by molar-refractivity contribution is 6.42. The van der Waals surface area contributed by atoms with Crippen LogP contribution >= 0.6 is 23.2 Å². The first-order valence-electron chi connectivity index (χ1n) is 12.3. The molecule has 1 aliphatic carbocycles. The maximum atomic E-state index is 13.5. The lowest BCUT2D eigenvalue weighted by Crippen LogP contribution is -2.49. The molecule has 1 heterocycles. The van der Waals surface area contributed by atoms with Gasteiger partial charge in [-0.05, 0) is 62.7 Å². The predicted octanol–water partition coefficient (Wildman–Crippen LogP) is 4.69. The van der Waals surface area contributed by atoms with Gasteiger partial charge in [0.1, 0.15) is 11.9 Å². The van der Waals surface area contributed by atoms with Crippen LogP contribution in [0.25, 0.3) is 0 Å². The van der Waals surface area contributed by atoms with E-state index in [2.05, 4.69) is 17.1 Å². The van der Waals surface area contributed by atoms with Crippen molar-refractivity contribution in [2.75, 3.05) is 32.1 Å². The van der Waals surface area contributed by atoms with Gasteiger partial charge in [-0.2, -0.15) is 0 Å². The summed E-state index contributed by atoms with van der Waals surface area (Å²) in [5.41, 5.74) is 1.99. The highest BCUT2D eigenvalue weighted by Crippen LogP contribution is 2.33. The predicted molar refractivity (Wildman–Crippen MR) is 142 cm³/mol. The molecular weight excluding hydrogens is 501 g/mol. The highest BCUT2D eigenvalue weighted by Gasteiger charge is 2.34. The van der Waals surface area contributed by atoms with Gasteiger partial charge in [0.05, 0.1) is 28.3 Å². The topological polar surface area (TPSA) is 82.1 Å². The minimum atomic E-state index is -0.356. The number of carbonyl (C=O) groups is 2. The second kappa shape index (κ2) is 11.4. The van der Waals surface area contributed by atoms with Gasteiger partial charge in [-0.3, -0.25) is 14.5 Å². The quantitative estimate of drug-likeness (QED) is 0.514. The van der Waals surface area contributed by atoms with Crippen LogP contribution in [0.1, 0.15) is 42.6 Å². The van der Waals surface area contributed by atoms with Gasteiger partial charge < -0.3 is 20.1 Å². The molecule has 0 radical (unpaired) electrons. The summed E-state index contributed by atoms with van der Waals surface area (Å²) in [5, 5.41) is 13.8. The molecule has 0 bridgehead atoms. The molecular formula is C27H33Cl2N3O4. The number of fused-ring (bicyclic) bond motifs is 1. The number of rotatable bonds is 8. The summed E-state index contributed by atoms with van der Waals surface area (Å²) in [7, 11) is 2.01. The van der Waals surface area contributed by atoms with Gasteiger partial charge in [0, 0.05) is 37.2 Å². The van der Waals surface area contributed by atoms with Crippen molar-refractivity contribution in [1.82, 2.24) is 9.80 Å². The number of hydrogen-bond acceptors (Lipinski definition) is 5. The van der Waals surface area contributed by atoms with Crippen LogP contribution in [0.2, 0.25) is 10.0 Å². The van der Waals surface area contributed by atoms with Crippen molar-refractivity contribution < 1.29 is 19.4 Å². The van der Waals surface area contributed by atoms with Crippen LogP contribution < -0.4 is 10.1 Å². The summed E-state index contributed by atoms with van der Waals surface area (Å²) in [4.78, 5) is 29.7. The first-order chi connectivity index (χ1) is 17.2. The molecule has 2 N–H and O–H groups in total. The van der Waals surface area contributed by atoms with Gasteiger partial charge in [-0.25, -0.2) is 0 Å². The maximum absolute atomic E-state index is 13.5. The molecule has 4 rings (SSSR count). The molecule has 1 aliphatic heterocycles. The number of anilines is 1. The number of ether oxygens (including phenoxy) is 1. The zero-order chi connectivity index (χ0) is 26.0. The number of hydrogen-bond donors (Lipinski definition) is 2. The van der Waals surface area contributed by atoms with Gasteiger partial charge in [0.15, 0.2) is 0 Å². The molecule has 36 heavy (non-hydrogen) atoms. The highest BCUT2D eigenvalue weighted by atomic mass is 35.5. The van der Waals surface area contributed by atoms with E-state index in [0.717, 1.165) is 18.4 Å². The molecule has 1 fully saturated rings. The second-order valence-electron chi connectivity index (χ2n) is 10.0. The number of likely N-dealkylation sites (N-methyl/N-ethyl adjacent to an activating group) is 1. The minimum absolute atomic E-state index is 0.00148. The van der Waals surface area contributed by atoms with E-state index >= 15 is 0 Å². The molecule has 0 aromatic heterocycles. The molecule has 2 amide bonds. The van der Waals surface area contributed by atoms with Crippen molar-refractivity contribution in [1.29, 1.82) is 0 Å². The van der Waals surface area contributed by atoms with Crippen molar-refractivity contribution in [2.45, 2.75) is 45.4 Å². The largest absolute Gasteiger partial charge is 0.488 e. The summed E-state index contributed by atoms with van der Waals surface area (Å²) in [5.74, 6) is 0.288. The number of aliphatic hydroxyl groups excluding tert-OH is 1. The van der Waals surface area contributed by atoms with Crippen LogP contribution in [-0.4, -0.2) is 65.6 Å². The molecule has 2 aliphatic rings. The third-order valence-electron chi connectivity index (χ3n) is 6.81. The molecule has 194 valence electrons. The van der Waals surface area contributed by atoms with Crippen LogP contribution in [-0.2, 0) is 11.3 Å². The number of amides is 2. The molecule has 0 spiro atoms. The van der Waals surface area contributed by atoms with Crippen LogP contribution in [0.5, 0.6) is 5.75 Å². The van der Waals surface area contributed by atoms with Gasteiger partial charge in [0.25, 0.3) is 5.91 Å². The molecule has 0 unspecified atom stereocenters. The van der Waals surface area contributed by atoms with E-state index in [4.69, 9.17) is 27.9 Å². The third kappa shape index (κ3) is 6.32. The first-order valence-corrected chi connectivity index (χ1v) is 13.1.